The molecule has 0 N–H and O–H groups in total. The van der Waals surface area contributed by atoms with Crippen LogP contribution < -0.4 is 14.2 Å². The molecule has 0 saturated heterocycles. The van der Waals surface area contributed by atoms with Crippen LogP contribution in [0.3, 0.4) is 0 Å². The van der Waals surface area contributed by atoms with Crippen molar-refractivity contribution < 1.29 is 28.6 Å². The summed E-state index contributed by atoms with van der Waals surface area (Å²) in [5.41, 5.74) is 1.64. The molecule has 0 aliphatic heterocycles. The van der Waals surface area contributed by atoms with Crippen molar-refractivity contribution >= 4 is 23.8 Å². The van der Waals surface area contributed by atoms with Crippen molar-refractivity contribution in [1.82, 2.24) is 0 Å². The summed E-state index contributed by atoms with van der Waals surface area (Å²) in [5.74, 6) is 0.715. The monoisotopic (exact) mass is 522 g/mol. The van der Waals surface area contributed by atoms with Gasteiger partial charge in [0.05, 0.1) is 17.4 Å². The van der Waals surface area contributed by atoms with Crippen molar-refractivity contribution in [3.63, 3.8) is 0 Å². The van der Waals surface area contributed by atoms with E-state index in [-0.39, 0.29) is 17.7 Å². The number of esters is 2. The fraction of sp³-hybridized carbons (Fsp3) is 0.469. The van der Waals surface area contributed by atoms with Gasteiger partial charge < -0.3 is 14.2 Å². The van der Waals surface area contributed by atoms with Crippen LogP contribution in [0.4, 0.5) is 0 Å². The summed E-state index contributed by atoms with van der Waals surface area (Å²) in [6.45, 7) is 17.3. The van der Waals surface area contributed by atoms with Gasteiger partial charge in [-0.25, -0.2) is 0 Å². The molecular weight excluding hydrogens is 480 g/mol. The molecule has 0 aromatic heterocycles. The van der Waals surface area contributed by atoms with Crippen LogP contribution in [0.15, 0.2) is 36.4 Å². The van der Waals surface area contributed by atoms with Crippen LogP contribution >= 0.6 is 0 Å². The third-order valence-corrected chi connectivity index (χ3v) is 5.80. The van der Waals surface area contributed by atoms with Crippen LogP contribution in [0.5, 0.6) is 17.2 Å². The molecule has 0 atom stereocenters. The maximum absolute atomic E-state index is 13.0. The first kappa shape index (κ1) is 30.8. The summed E-state index contributed by atoms with van der Waals surface area (Å²) in [7, 11) is 0. The zero-order chi connectivity index (χ0) is 28.7. The lowest BCUT2D eigenvalue weighted by Gasteiger charge is -2.23. The number of benzene rings is 2. The standard InChI is InChI=1S/C32H42O6/c1-10-19-36-27-23(20-21(11-2)28(25(27)12-3)38-30(35)32(7,8)9)15-18-26(33)22-13-16-24(17-14-22)37-29(34)31(4,5)6/h13-18,20H,10-12,19H2,1-9H3. The minimum atomic E-state index is -0.647. The van der Waals surface area contributed by atoms with Crippen molar-refractivity contribution in [3.05, 3.63) is 58.7 Å². The lowest BCUT2D eigenvalue weighted by molar-refractivity contribution is -0.143. The Morgan fingerprint density at radius 1 is 0.789 bits per heavy atom. The molecular formula is C32H42O6. The van der Waals surface area contributed by atoms with Gasteiger partial charge in [-0.1, -0.05) is 20.8 Å². The number of aryl methyl sites for hydroxylation is 1. The summed E-state index contributed by atoms with van der Waals surface area (Å²) in [4.78, 5) is 37.8. The maximum atomic E-state index is 13.0. The molecule has 0 fully saturated rings. The SMILES string of the molecule is CCCOc1c(C=CC(=O)c2ccc(OC(=O)C(C)(C)C)cc2)cc(CC)c(OC(=O)C(C)(C)C)c1CC. The fourth-order valence-corrected chi connectivity index (χ4v) is 3.45. The van der Waals surface area contributed by atoms with Gasteiger partial charge in [0.15, 0.2) is 5.78 Å². The van der Waals surface area contributed by atoms with Crippen LogP contribution in [0, 0.1) is 10.8 Å². The van der Waals surface area contributed by atoms with Gasteiger partial charge in [-0.05, 0) is 109 Å². The molecule has 6 heteroatoms. The Morgan fingerprint density at radius 2 is 1.37 bits per heavy atom. The lowest BCUT2D eigenvalue weighted by atomic mass is 9.95. The molecule has 2 rings (SSSR count). The Labute approximate surface area is 227 Å². The number of carbonyl (C=O) groups is 3. The highest BCUT2D eigenvalue weighted by atomic mass is 16.5. The predicted octanol–water partition coefficient (Wildman–Crippen LogP) is 7.40. The summed E-state index contributed by atoms with van der Waals surface area (Å²) in [6, 6.07) is 8.42. The number of ketones is 1. The zero-order valence-electron chi connectivity index (χ0n) is 24.3. The van der Waals surface area contributed by atoms with E-state index < -0.39 is 10.8 Å². The van der Waals surface area contributed by atoms with E-state index in [2.05, 4.69) is 0 Å². The molecule has 38 heavy (non-hydrogen) atoms. The molecule has 0 spiro atoms. The Balaban J connectivity index is 2.42. The van der Waals surface area contributed by atoms with Crippen LogP contribution in [0.1, 0.15) is 95.8 Å². The van der Waals surface area contributed by atoms with E-state index in [0.717, 1.165) is 23.1 Å². The van der Waals surface area contributed by atoms with Crippen molar-refractivity contribution in [2.45, 2.75) is 81.6 Å². The van der Waals surface area contributed by atoms with E-state index in [1.807, 2.05) is 47.6 Å². The highest BCUT2D eigenvalue weighted by Gasteiger charge is 2.27. The molecule has 0 unspecified atom stereocenters. The first-order chi connectivity index (χ1) is 17.7. The van der Waals surface area contributed by atoms with Crippen LogP contribution in [-0.4, -0.2) is 24.3 Å². The summed E-state index contributed by atoms with van der Waals surface area (Å²) in [6.07, 6.45) is 5.31. The van der Waals surface area contributed by atoms with Crippen LogP contribution in [-0.2, 0) is 22.4 Å². The average Bonchev–Trinajstić information content (AvgIpc) is 2.85. The zero-order valence-corrected chi connectivity index (χ0v) is 24.3. The maximum Gasteiger partial charge on any atom is 0.316 e. The molecule has 206 valence electrons. The van der Waals surface area contributed by atoms with Gasteiger partial charge in [0, 0.05) is 16.7 Å². The second-order valence-electron chi connectivity index (χ2n) is 11.3. The Kier molecular flexibility index (Phi) is 10.5. The Bertz CT molecular complexity index is 1170. The number of hydrogen-bond donors (Lipinski definition) is 0. The van der Waals surface area contributed by atoms with Crippen LogP contribution in [0.2, 0.25) is 0 Å². The first-order valence-corrected chi connectivity index (χ1v) is 13.3. The van der Waals surface area contributed by atoms with Gasteiger partial charge in [0.2, 0.25) is 0 Å². The van der Waals surface area contributed by atoms with Gasteiger partial charge >= 0.3 is 11.9 Å². The molecule has 0 bridgehead atoms. The molecule has 2 aromatic rings. The average molecular weight is 523 g/mol. The molecule has 6 nitrogen and oxygen atoms in total. The first-order valence-electron chi connectivity index (χ1n) is 13.3. The van der Waals surface area contributed by atoms with Crippen molar-refractivity contribution in [2.75, 3.05) is 6.61 Å². The predicted molar refractivity (Wildman–Crippen MR) is 151 cm³/mol. The summed E-state index contributed by atoms with van der Waals surface area (Å²) >= 11 is 0. The van der Waals surface area contributed by atoms with Gasteiger partial charge in [-0.15, -0.1) is 0 Å². The summed E-state index contributed by atoms with van der Waals surface area (Å²) in [5, 5.41) is 0. The lowest BCUT2D eigenvalue weighted by Crippen LogP contribution is -2.26. The minimum absolute atomic E-state index is 0.195. The van der Waals surface area contributed by atoms with Crippen molar-refractivity contribution in [2.24, 2.45) is 10.8 Å². The fourth-order valence-electron chi connectivity index (χ4n) is 3.45. The molecule has 0 heterocycles. The second kappa shape index (κ2) is 12.9. The van der Waals surface area contributed by atoms with E-state index in [4.69, 9.17) is 14.2 Å². The van der Waals surface area contributed by atoms with Gasteiger partial charge in [-0.3, -0.25) is 14.4 Å². The van der Waals surface area contributed by atoms with Gasteiger partial charge in [0.25, 0.3) is 0 Å². The molecule has 0 radical (unpaired) electrons. The van der Waals surface area contributed by atoms with Gasteiger partial charge in [-0.2, -0.15) is 0 Å². The van der Waals surface area contributed by atoms with E-state index in [0.29, 0.717) is 42.3 Å². The van der Waals surface area contributed by atoms with Crippen LogP contribution in [0.25, 0.3) is 6.08 Å². The Hall–Kier alpha value is -3.41. The van der Waals surface area contributed by atoms with Crippen molar-refractivity contribution in [3.8, 4) is 17.2 Å². The molecule has 2 aromatic carbocycles. The number of rotatable bonds is 10. The van der Waals surface area contributed by atoms with E-state index in [1.165, 1.54) is 6.08 Å². The highest BCUT2D eigenvalue weighted by Crippen LogP contribution is 2.39. The number of allylic oxidation sites excluding steroid dienone is 1. The molecule has 0 amide bonds. The number of ether oxygens (including phenoxy) is 3. The molecule has 0 saturated carbocycles. The largest absolute Gasteiger partial charge is 0.493 e. The third kappa shape index (κ3) is 8.04. The van der Waals surface area contributed by atoms with Crippen molar-refractivity contribution in [1.29, 1.82) is 0 Å². The highest BCUT2D eigenvalue weighted by molar-refractivity contribution is 6.07. The number of carbonyl (C=O) groups excluding carboxylic acids is 3. The van der Waals surface area contributed by atoms with E-state index in [9.17, 15) is 14.4 Å². The normalized spacial score (nSPS) is 11.9. The van der Waals surface area contributed by atoms with Gasteiger partial charge in [0.1, 0.15) is 17.2 Å². The quantitative estimate of drug-likeness (QED) is 0.140. The summed E-state index contributed by atoms with van der Waals surface area (Å²) < 4.78 is 17.4. The second-order valence-corrected chi connectivity index (χ2v) is 11.3. The molecule has 0 aliphatic rings. The smallest absolute Gasteiger partial charge is 0.316 e. The topological polar surface area (TPSA) is 78.9 Å². The Morgan fingerprint density at radius 3 is 1.87 bits per heavy atom. The minimum Gasteiger partial charge on any atom is -0.493 e. The van der Waals surface area contributed by atoms with E-state index in [1.54, 1.807) is 51.1 Å². The van der Waals surface area contributed by atoms with E-state index >= 15 is 0 Å². The third-order valence-electron chi connectivity index (χ3n) is 5.80. The number of hydrogen-bond acceptors (Lipinski definition) is 6. The molecule has 0 aliphatic carbocycles.